The van der Waals surface area contributed by atoms with Crippen molar-refractivity contribution in [3.63, 3.8) is 0 Å². The van der Waals surface area contributed by atoms with E-state index in [0.717, 1.165) is 21.6 Å². The van der Waals surface area contributed by atoms with Crippen molar-refractivity contribution in [2.24, 2.45) is 0 Å². The van der Waals surface area contributed by atoms with E-state index in [2.05, 4.69) is 33.2 Å². The van der Waals surface area contributed by atoms with Crippen LogP contribution in [0.4, 0.5) is 5.69 Å². The normalized spacial score (nSPS) is 12.3. The number of hydrogen-bond donors (Lipinski definition) is 1. The number of anilines is 1. The molecule has 6 heteroatoms. The minimum Gasteiger partial charge on any atom is -0.493 e. The van der Waals surface area contributed by atoms with E-state index in [9.17, 15) is 0 Å². The van der Waals surface area contributed by atoms with Crippen molar-refractivity contribution in [1.29, 1.82) is 0 Å². The van der Waals surface area contributed by atoms with Gasteiger partial charge in [-0.05, 0) is 41.9 Å². The zero-order chi connectivity index (χ0) is 14.0. The van der Waals surface area contributed by atoms with Crippen LogP contribution in [-0.4, -0.2) is 12.1 Å². The van der Waals surface area contributed by atoms with Crippen LogP contribution >= 0.6 is 38.9 Å². The topological polar surface area (TPSA) is 34.1 Å². The molecule has 0 saturated heterocycles. The molecule has 1 unspecified atom stereocenters. The van der Waals surface area contributed by atoms with Crippen LogP contribution in [0.5, 0.6) is 5.75 Å². The van der Waals surface area contributed by atoms with Crippen LogP contribution in [0.25, 0.3) is 0 Å². The molecule has 1 heterocycles. The Balaban J connectivity index is 2.31. The number of methoxy groups -OCH3 is 1. The van der Waals surface area contributed by atoms with Gasteiger partial charge in [-0.15, -0.1) is 11.3 Å². The largest absolute Gasteiger partial charge is 0.493 e. The smallest absolute Gasteiger partial charge is 0.156 e. The third kappa shape index (κ3) is 3.22. The molecule has 0 aliphatic rings. The van der Waals surface area contributed by atoms with Gasteiger partial charge in [0.1, 0.15) is 0 Å². The summed E-state index contributed by atoms with van der Waals surface area (Å²) in [6, 6.07) is 3.82. The van der Waals surface area contributed by atoms with Gasteiger partial charge in [-0.2, -0.15) is 0 Å². The summed E-state index contributed by atoms with van der Waals surface area (Å²) in [4.78, 5) is 5.48. The molecule has 0 radical (unpaired) electrons. The van der Waals surface area contributed by atoms with Crippen LogP contribution in [0.3, 0.4) is 0 Å². The molecule has 2 aromatic rings. The van der Waals surface area contributed by atoms with Crippen molar-refractivity contribution >= 4 is 44.6 Å². The highest BCUT2D eigenvalue weighted by Crippen LogP contribution is 2.38. The highest BCUT2D eigenvalue weighted by molar-refractivity contribution is 9.10. The molecule has 0 saturated carbocycles. The summed E-state index contributed by atoms with van der Waals surface area (Å²) >= 11 is 11.2. The first-order valence-electron chi connectivity index (χ1n) is 5.72. The number of nitrogens with zero attached hydrogens (tertiary/aromatic N) is 1. The Hall–Kier alpha value is -0.780. The molecule has 0 aliphatic carbocycles. The van der Waals surface area contributed by atoms with Gasteiger partial charge in [0.15, 0.2) is 5.75 Å². The minimum atomic E-state index is 0.145. The molecule has 0 amide bonds. The summed E-state index contributed by atoms with van der Waals surface area (Å²) in [5, 5.41) is 4.07. The highest BCUT2D eigenvalue weighted by atomic mass is 79.9. The van der Waals surface area contributed by atoms with Crippen molar-refractivity contribution in [2.75, 3.05) is 12.4 Å². The van der Waals surface area contributed by atoms with Crippen LogP contribution in [0.2, 0.25) is 5.02 Å². The first kappa shape index (κ1) is 14.6. The fraction of sp³-hybridized carbons (Fsp3) is 0.308. The average Bonchev–Trinajstić information content (AvgIpc) is 2.75. The Morgan fingerprint density at radius 1 is 1.47 bits per heavy atom. The van der Waals surface area contributed by atoms with Gasteiger partial charge in [0.25, 0.3) is 0 Å². The van der Waals surface area contributed by atoms with Gasteiger partial charge in [-0.1, -0.05) is 11.6 Å². The summed E-state index contributed by atoms with van der Waals surface area (Å²) < 4.78 is 6.23. The van der Waals surface area contributed by atoms with Crippen LogP contribution < -0.4 is 10.1 Å². The summed E-state index contributed by atoms with van der Waals surface area (Å²) in [6.07, 6.45) is 0. The van der Waals surface area contributed by atoms with Gasteiger partial charge >= 0.3 is 0 Å². The highest BCUT2D eigenvalue weighted by Gasteiger charge is 2.15. The Kier molecular flexibility index (Phi) is 4.71. The molecule has 0 fully saturated rings. The number of rotatable bonds is 4. The molecule has 0 spiro atoms. The molecule has 2 rings (SSSR count). The maximum atomic E-state index is 6.08. The predicted molar refractivity (Wildman–Crippen MR) is 84.6 cm³/mol. The fourth-order valence-electron chi connectivity index (χ4n) is 1.90. The van der Waals surface area contributed by atoms with Gasteiger partial charge in [0.05, 0.1) is 34.5 Å². The van der Waals surface area contributed by atoms with Crippen molar-refractivity contribution < 1.29 is 4.74 Å². The fourth-order valence-corrected chi connectivity index (χ4v) is 3.68. The van der Waals surface area contributed by atoms with Crippen LogP contribution in [0.1, 0.15) is 23.5 Å². The number of hydrogen-bond acceptors (Lipinski definition) is 4. The van der Waals surface area contributed by atoms with Crippen molar-refractivity contribution in [2.45, 2.75) is 19.9 Å². The number of halogens is 2. The zero-order valence-electron chi connectivity index (χ0n) is 10.8. The number of ether oxygens (including phenoxy) is 1. The maximum Gasteiger partial charge on any atom is 0.156 e. The SMILES string of the molecule is COc1c(Br)cc(Cl)cc1NC(C)c1scnc1C. The molecule has 102 valence electrons. The second-order valence-corrected chi connectivity index (χ2v) is 6.31. The zero-order valence-corrected chi connectivity index (χ0v) is 14.0. The Labute approximate surface area is 130 Å². The second kappa shape index (κ2) is 6.11. The number of aromatic nitrogens is 1. The van der Waals surface area contributed by atoms with E-state index in [4.69, 9.17) is 16.3 Å². The van der Waals surface area contributed by atoms with E-state index >= 15 is 0 Å². The maximum absolute atomic E-state index is 6.08. The molecule has 19 heavy (non-hydrogen) atoms. The quantitative estimate of drug-likeness (QED) is 0.827. The van der Waals surface area contributed by atoms with Crippen molar-refractivity contribution in [3.8, 4) is 5.75 Å². The van der Waals surface area contributed by atoms with E-state index in [1.807, 2.05) is 24.6 Å². The molecular weight excluding hydrogens is 348 g/mol. The third-order valence-corrected chi connectivity index (χ3v) is 4.68. The number of benzene rings is 1. The van der Waals surface area contributed by atoms with Crippen LogP contribution in [0, 0.1) is 6.92 Å². The predicted octanol–water partition coefficient (Wildman–Crippen LogP) is 5.05. The number of nitrogens with one attached hydrogen (secondary N) is 1. The van der Waals surface area contributed by atoms with E-state index < -0.39 is 0 Å². The van der Waals surface area contributed by atoms with Crippen LogP contribution in [0.15, 0.2) is 22.1 Å². The van der Waals surface area contributed by atoms with Gasteiger partial charge in [-0.25, -0.2) is 4.98 Å². The lowest BCUT2D eigenvalue weighted by Crippen LogP contribution is -2.07. The Morgan fingerprint density at radius 2 is 2.21 bits per heavy atom. The lowest BCUT2D eigenvalue weighted by atomic mass is 10.2. The van der Waals surface area contributed by atoms with Gasteiger partial charge in [0, 0.05) is 9.90 Å². The summed E-state index contributed by atoms with van der Waals surface area (Å²) in [6.45, 7) is 4.10. The molecule has 0 bridgehead atoms. The molecule has 0 aliphatic heterocycles. The first-order chi connectivity index (χ1) is 9.02. The van der Waals surface area contributed by atoms with Crippen LogP contribution in [-0.2, 0) is 0 Å². The monoisotopic (exact) mass is 360 g/mol. The average molecular weight is 362 g/mol. The number of aryl methyl sites for hydroxylation is 1. The van der Waals surface area contributed by atoms with Gasteiger partial charge < -0.3 is 10.1 Å². The molecule has 3 nitrogen and oxygen atoms in total. The standard InChI is InChI=1S/C13H14BrClN2OS/c1-7-13(19-6-16-7)8(2)17-11-5-9(15)4-10(14)12(11)18-3/h4-6,8,17H,1-3H3. The van der Waals surface area contributed by atoms with Crippen molar-refractivity contribution in [3.05, 3.63) is 37.7 Å². The molecule has 1 aromatic heterocycles. The van der Waals surface area contributed by atoms with Gasteiger partial charge in [-0.3, -0.25) is 0 Å². The van der Waals surface area contributed by atoms with E-state index in [1.54, 1.807) is 18.4 Å². The van der Waals surface area contributed by atoms with E-state index in [0.29, 0.717) is 5.02 Å². The molecule has 1 aromatic carbocycles. The van der Waals surface area contributed by atoms with Gasteiger partial charge in [0.2, 0.25) is 0 Å². The molecular formula is C13H14BrClN2OS. The second-order valence-electron chi connectivity index (χ2n) is 4.14. The molecule has 1 N–H and O–H groups in total. The third-order valence-electron chi connectivity index (χ3n) is 2.76. The first-order valence-corrected chi connectivity index (χ1v) is 7.77. The van der Waals surface area contributed by atoms with E-state index in [-0.39, 0.29) is 6.04 Å². The summed E-state index contributed by atoms with van der Waals surface area (Å²) in [5.74, 6) is 0.749. The summed E-state index contributed by atoms with van der Waals surface area (Å²) in [7, 11) is 1.64. The minimum absolute atomic E-state index is 0.145. The molecule has 1 atom stereocenters. The Morgan fingerprint density at radius 3 is 2.79 bits per heavy atom. The van der Waals surface area contributed by atoms with E-state index in [1.165, 1.54) is 4.88 Å². The summed E-state index contributed by atoms with van der Waals surface area (Å²) in [5.41, 5.74) is 3.76. The van der Waals surface area contributed by atoms with Crippen molar-refractivity contribution in [1.82, 2.24) is 4.98 Å². The lowest BCUT2D eigenvalue weighted by Gasteiger charge is -2.18. The number of thiazole rings is 1. The Bertz CT molecular complexity index is 588. The lowest BCUT2D eigenvalue weighted by molar-refractivity contribution is 0.413.